The Morgan fingerprint density at radius 3 is 2.63 bits per heavy atom. The predicted molar refractivity (Wildman–Crippen MR) is 123 cm³/mol. The summed E-state index contributed by atoms with van der Waals surface area (Å²) in [6, 6.07) is 11.8. The quantitative estimate of drug-likeness (QED) is 0.613. The molecule has 4 rings (SSSR count). The maximum atomic E-state index is 12.8. The van der Waals surface area contributed by atoms with Crippen LogP contribution in [0.3, 0.4) is 0 Å². The van der Waals surface area contributed by atoms with Crippen molar-refractivity contribution in [3.63, 3.8) is 0 Å². The maximum absolute atomic E-state index is 12.8. The van der Waals surface area contributed by atoms with E-state index in [0.717, 1.165) is 42.6 Å². The first-order valence-corrected chi connectivity index (χ1v) is 9.81. The molecule has 2 aromatic heterocycles. The Kier molecular flexibility index (Phi) is 8.53. The van der Waals surface area contributed by atoms with Gasteiger partial charge in [0.1, 0.15) is 18.0 Å². The number of nitrogens with zero attached hydrogens (tertiary/aromatic N) is 2. The molecule has 30 heavy (non-hydrogen) atoms. The first-order chi connectivity index (χ1) is 13.6. The molecule has 1 aliphatic rings. The fourth-order valence-electron chi connectivity index (χ4n) is 3.73. The molecule has 162 valence electrons. The van der Waals surface area contributed by atoms with Gasteiger partial charge in [0.25, 0.3) is 5.91 Å². The van der Waals surface area contributed by atoms with Crippen LogP contribution >= 0.6 is 24.8 Å². The third-order valence-corrected chi connectivity index (χ3v) is 5.34. The van der Waals surface area contributed by atoms with Crippen LogP contribution in [-0.4, -0.2) is 27.4 Å². The number of ether oxygens (including phenoxy) is 1. The van der Waals surface area contributed by atoms with E-state index in [4.69, 9.17) is 10.5 Å². The Morgan fingerprint density at radius 1 is 1.17 bits per heavy atom. The zero-order valence-corrected chi connectivity index (χ0v) is 18.5. The molecule has 2 heterocycles. The van der Waals surface area contributed by atoms with Crippen molar-refractivity contribution < 1.29 is 9.53 Å². The summed E-state index contributed by atoms with van der Waals surface area (Å²) in [5, 5.41) is 3.13. The number of rotatable bonds is 5. The van der Waals surface area contributed by atoms with Crippen molar-refractivity contribution in [1.82, 2.24) is 14.7 Å². The average Bonchev–Trinajstić information content (AvgIpc) is 3.13. The molecular formula is C22H28Cl2N4O2. The molecule has 6 nitrogen and oxygen atoms in total. The first-order valence-electron chi connectivity index (χ1n) is 9.81. The van der Waals surface area contributed by atoms with E-state index in [1.807, 2.05) is 54.0 Å². The monoisotopic (exact) mass is 450 g/mol. The zero-order chi connectivity index (χ0) is 19.5. The fraction of sp³-hybridized carbons (Fsp3) is 0.364. The summed E-state index contributed by atoms with van der Waals surface area (Å²) in [4.78, 5) is 17.4. The normalized spacial score (nSPS) is 18.2. The standard InChI is InChI=1S/C22H26N4O2.2ClH/c1-15-5-4-12-26-13-18(24-21(15)26)14-28-20-7-3-2-6-19(20)22(27)25-17-10-8-16(23)9-11-17;;/h2-7,12-13,16-17H,8-11,14,23H2,1H3,(H,25,27);2*1H. The number of halogens is 2. The molecule has 0 radical (unpaired) electrons. The molecule has 0 spiro atoms. The Morgan fingerprint density at radius 2 is 1.90 bits per heavy atom. The van der Waals surface area contributed by atoms with Crippen molar-refractivity contribution in [2.75, 3.05) is 0 Å². The maximum Gasteiger partial charge on any atom is 0.255 e. The van der Waals surface area contributed by atoms with E-state index in [-0.39, 0.29) is 42.8 Å². The first kappa shape index (κ1) is 24.0. The number of hydrogen-bond acceptors (Lipinski definition) is 4. The third-order valence-electron chi connectivity index (χ3n) is 5.34. The number of aryl methyl sites for hydroxylation is 1. The van der Waals surface area contributed by atoms with Gasteiger partial charge in [0.05, 0.1) is 11.3 Å². The van der Waals surface area contributed by atoms with Gasteiger partial charge in [0.2, 0.25) is 0 Å². The number of hydrogen-bond donors (Lipinski definition) is 2. The molecule has 1 amide bonds. The number of benzene rings is 1. The summed E-state index contributed by atoms with van der Waals surface area (Å²) in [7, 11) is 0. The molecule has 8 heteroatoms. The van der Waals surface area contributed by atoms with Gasteiger partial charge in [-0.05, 0) is 56.4 Å². The van der Waals surface area contributed by atoms with E-state index < -0.39 is 0 Å². The molecule has 0 bridgehead atoms. The molecule has 0 saturated heterocycles. The van der Waals surface area contributed by atoms with Gasteiger partial charge in [-0.25, -0.2) is 4.98 Å². The SMILES string of the molecule is Cc1cccn2cc(COc3ccccc3C(=O)NC3CCC(N)CC3)nc12.Cl.Cl. The highest BCUT2D eigenvalue weighted by Gasteiger charge is 2.22. The Hall–Kier alpha value is -2.28. The van der Waals surface area contributed by atoms with Gasteiger partial charge < -0.3 is 20.2 Å². The van der Waals surface area contributed by atoms with Crippen molar-refractivity contribution >= 4 is 36.4 Å². The molecule has 0 aliphatic heterocycles. The van der Waals surface area contributed by atoms with Gasteiger partial charge in [-0.2, -0.15) is 0 Å². The average molecular weight is 451 g/mol. The highest BCUT2D eigenvalue weighted by Crippen LogP contribution is 2.22. The van der Waals surface area contributed by atoms with E-state index in [0.29, 0.717) is 17.9 Å². The van der Waals surface area contributed by atoms with Crippen molar-refractivity contribution in [2.45, 2.75) is 51.3 Å². The van der Waals surface area contributed by atoms with E-state index in [2.05, 4.69) is 10.3 Å². The smallest absolute Gasteiger partial charge is 0.255 e. The molecular weight excluding hydrogens is 423 g/mol. The van der Waals surface area contributed by atoms with Crippen LogP contribution in [0.25, 0.3) is 5.65 Å². The minimum atomic E-state index is -0.0954. The van der Waals surface area contributed by atoms with E-state index in [1.54, 1.807) is 6.07 Å². The lowest BCUT2D eigenvalue weighted by Gasteiger charge is -2.27. The number of pyridine rings is 1. The van der Waals surface area contributed by atoms with Crippen molar-refractivity contribution in [3.05, 3.63) is 65.6 Å². The van der Waals surface area contributed by atoms with Gasteiger partial charge in [0.15, 0.2) is 0 Å². The summed E-state index contributed by atoms with van der Waals surface area (Å²) < 4.78 is 7.95. The fourth-order valence-corrected chi connectivity index (χ4v) is 3.73. The summed E-state index contributed by atoms with van der Waals surface area (Å²) in [5.41, 5.74) is 9.36. The number of carbonyl (C=O) groups excluding carboxylic acids is 1. The number of fused-ring (bicyclic) bond motifs is 1. The Labute approximate surface area is 189 Å². The highest BCUT2D eigenvalue weighted by molar-refractivity contribution is 5.97. The topological polar surface area (TPSA) is 81.7 Å². The molecule has 1 saturated carbocycles. The van der Waals surface area contributed by atoms with Crippen LogP contribution in [-0.2, 0) is 6.61 Å². The van der Waals surface area contributed by atoms with Crippen molar-refractivity contribution in [1.29, 1.82) is 0 Å². The summed E-state index contributed by atoms with van der Waals surface area (Å²) >= 11 is 0. The number of carbonyl (C=O) groups is 1. The largest absolute Gasteiger partial charge is 0.486 e. The van der Waals surface area contributed by atoms with Crippen molar-refractivity contribution in [3.8, 4) is 5.75 Å². The molecule has 3 aromatic rings. The lowest BCUT2D eigenvalue weighted by atomic mass is 9.91. The summed E-state index contributed by atoms with van der Waals surface area (Å²) in [6.45, 7) is 2.34. The number of nitrogens with two attached hydrogens (primary N) is 1. The van der Waals surface area contributed by atoms with Gasteiger partial charge in [-0.15, -0.1) is 24.8 Å². The summed E-state index contributed by atoms with van der Waals surface area (Å²) in [5.74, 6) is 0.475. The van der Waals surface area contributed by atoms with Crippen molar-refractivity contribution in [2.24, 2.45) is 5.73 Å². The minimum Gasteiger partial charge on any atom is -0.486 e. The predicted octanol–water partition coefficient (Wildman–Crippen LogP) is 4.07. The van der Waals surface area contributed by atoms with Crippen LogP contribution in [0.5, 0.6) is 5.75 Å². The van der Waals surface area contributed by atoms with Crippen LogP contribution in [0.1, 0.15) is 47.3 Å². The Bertz CT molecular complexity index is 984. The van der Waals surface area contributed by atoms with E-state index in [1.165, 1.54) is 0 Å². The van der Waals surface area contributed by atoms with Gasteiger partial charge in [-0.3, -0.25) is 4.79 Å². The molecule has 1 aliphatic carbocycles. The minimum absolute atomic E-state index is 0. The third kappa shape index (κ3) is 5.45. The number of nitrogens with one attached hydrogen (secondary N) is 1. The number of imidazole rings is 1. The van der Waals surface area contributed by atoms with Crippen LogP contribution in [0, 0.1) is 6.92 Å². The molecule has 0 atom stereocenters. The second-order valence-corrected chi connectivity index (χ2v) is 7.52. The molecule has 1 fully saturated rings. The van der Waals surface area contributed by atoms with Crippen LogP contribution in [0.2, 0.25) is 0 Å². The van der Waals surface area contributed by atoms with E-state index in [9.17, 15) is 4.79 Å². The molecule has 0 unspecified atom stereocenters. The second kappa shape index (κ2) is 10.7. The second-order valence-electron chi connectivity index (χ2n) is 7.52. The number of para-hydroxylation sites is 1. The summed E-state index contributed by atoms with van der Waals surface area (Å²) in [6.07, 6.45) is 7.69. The Balaban J connectivity index is 0.00000160. The van der Waals surface area contributed by atoms with Crippen LogP contribution < -0.4 is 15.8 Å². The number of aromatic nitrogens is 2. The lowest BCUT2D eigenvalue weighted by Crippen LogP contribution is -2.40. The zero-order valence-electron chi connectivity index (χ0n) is 16.9. The highest BCUT2D eigenvalue weighted by atomic mass is 35.5. The van der Waals surface area contributed by atoms with Crippen LogP contribution in [0.4, 0.5) is 0 Å². The van der Waals surface area contributed by atoms with Gasteiger partial charge in [-0.1, -0.05) is 18.2 Å². The van der Waals surface area contributed by atoms with Gasteiger partial charge >= 0.3 is 0 Å². The van der Waals surface area contributed by atoms with E-state index >= 15 is 0 Å². The molecule has 1 aromatic carbocycles. The molecule has 3 N–H and O–H groups in total. The van der Waals surface area contributed by atoms with Gasteiger partial charge in [0, 0.05) is 24.5 Å². The lowest BCUT2D eigenvalue weighted by molar-refractivity contribution is 0.0921. The number of amides is 1. The van der Waals surface area contributed by atoms with Crippen LogP contribution in [0.15, 0.2) is 48.8 Å².